The van der Waals surface area contributed by atoms with Crippen LogP contribution >= 0.6 is 0 Å². The minimum Gasteiger partial charge on any atom is -0.394 e. The van der Waals surface area contributed by atoms with E-state index in [0.29, 0.717) is 0 Å². The van der Waals surface area contributed by atoms with Gasteiger partial charge in [0.25, 0.3) is 0 Å². The molecule has 0 N–H and O–H groups in total. The van der Waals surface area contributed by atoms with Crippen molar-refractivity contribution in [2.75, 3.05) is 0 Å². The van der Waals surface area contributed by atoms with Crippen molar-refractivity contribution in [2.45, 2.75) is 117 Å². The third kappa shape index (κ3) is 20.9. The largest absolute Gasteiger partial charge is 0.394 e. The third-order valence-electron chi connectivity index (χ3n) is 8.87. The molecule has 0 aliphatic heterocycles. The molecule has 2 aliphatic carbocycles. The fourth-order valence-electron chi connectivity index (χ4n) is 4.95. The first kappa shape index (κ1) is 57.5. The zero-order valence-corrected chi connectivity index (χ0v) is 38.1. The van der Waals surface area contributed by atoms with Gasteiger partial charge in [0.15, 0.2) is 0 Å². The summed E-state index contributed by atoms with van der Waals surface area (Å²) in [7, 11) is 0. The third-order valence-corrected chi connectivity index (χ3v) is 8.87. The van der Waals surface area contributed by atoms with Gasteiger partial charge in [-0.15, -0.1) is 27.7 Å². The van der Waals surface area contributed by atoms with Gasteiger partial charge in [-0.2, -0.15) is 6.08 Å². The maximum Gasteiger partial charge on any atom is 0 e. The van der Waals surface area contributed by atoms with Crippen molar-refractivity contribution in [2.24, 2.45) is 0 Å². The molecular formula is C51H68Y2-4. The maximum atomic E-state index is 5.06. The van der Waals surface area contributed by atoms with E-state index in [4.69, 9.17) is 6.58 Å². The van der Waals surface area contributed by atoms with Crippen LogP contribution in [0, 0.1) is 66.3 Å². The minimum absolute atomic E-state index is 0. The number of rotatable bonds is 2. The zero-order chi connectivity index (χ0) is 35.5. The molecule has 0 spiro atoms. The van der Waals surface area contributed by atoms with Crippen LogP contribution in [-0.2, 0) is 71.8 Å². The molecular weight excluding hydrogens is 790 g/mol. The van der Waals surface area contributed by atoms with E-state index in [1.807, 2.05) is 20.8 Å². The zero-order valence-electron chi connectivity index (χ0n) is 32.4. The van der Waals surface area contributed by atoms with E-state index in [0.717, 1.165) is 18.4 Å². The van der Waals surface area contributed by atoms with Gasteiger partial charge in [-0.1, -0.05) is 120 Å². The van der Waals surface area contributed by atoms with Crippen molar-refractivity contribution >= 4 is 16.8 Å². The molecule has 0 amide bonds. The first-order valence-corrected chi connectivity index (χ1v) is 17.1. The van der Waals surface area contributed by atoms with Gasteiger partial charge >= 0.3 is 0 Å². The van der Waals surface area contributed by atoms with Crippen molar-refractivity contribution in [3.8, 4) is 0 Å². The van der Waals surface area contributed by atoms with E-state index in [9.17, 15) is 0 Å². The van der Waals surface area contributed by atoms with Gasteiger partial charge in [0, 0.05) is 65.4 Å². The van der Waals surface area contributed by atoms with Crippen LogP contribution in [0.3, 0.4) is 0 Å². The van der Waals surface area contributed by atoms with E-state index in [-0.39, 0.29) is 87.7 Å². The minimum atomic E-state index is 0. The molecule has 0 unspecified atom stereocenters. The fraction of sp³-hybridized carbons (Fsp3) is 0.333. The standard InChI is InChI=1S/C12H14.C12H12.C10H12.C8H10.C6H8.3CH4.2Y/c1-9-7-11-5-3-4-6-12(11)8-10(9)2;1-9-7-8-11-5-3-4-6-12(11)10(9)2;1-3-9(2)10-7-5-4-6-8-10;1-7-5-3-4-6-8(7)2;1-4-6(3)5-2;;;;;/h3,5,7-8H,4,6H2,1-2H3;3-8H,1-2H3;5,8H,4,6H2,1-2H3;3-6H,1-2H3;1,4H,2-3H3;3*1H4;;/q;;-2;;-2;;;;;. The molecule has 0 atom stereocenters. The first-order valence-electron chi connectivity index (χ1n) is 17.1. The van der Waals surface area contributed by atoms with Gasteiger partial charge in [-0.05, 0) is 110 Å². The average Bonchev–Trinajstić information content (AvgIpc) is 3.12. The molecule has 0 nitrogen and oxygen atoms in total. The van der Waals surface area contributed by atoms with Crippen LogP contribution in [0.15, 0.2) is 114 Å². The van der Waals surface area contributed by atoms with Crippen molar-refractivity contribution in [1.29, 1.82) is 0 Å². The Kier molecular flexibility index (Phi) is 34.8. The molecule has 0 saturated carbocycles. The molecule has 4 aromatic rings. The molecule has 6 rings (SSSR count). The van der Waals surface area contributed by atoms with Gasteiger partial charge < -0.3 is 41.5 Å². The summed E-state index contributed by atoms with van der Waals surface area (Å²) in [6, 6.07) is 25.8. The molecule has 4 aromatic carbocycles. The van der Waals surface area contributed by atoms with E-state index >= 15 is 0 Å². The Morgan fingerprint density at radius 1 is 0.679 bits per heavy atom. The number of benzene rings is 4. The summed E-state index contributed by atoms with van der Waals surface area (Å²) in [4.78, 5) is 0. The Labute approximate surface area is 378 Å². The molecule has 0 fully saturated rings. The van der Waals surface area contributed by atoms with Gasteiger partial charge in [0.1, 0.15) is 0 Å². The Morgan fingerprint density at radius 2 is 1.26 bits per heavy atom. The van der Waals surface area contributed by atoms with Crippen LogP contribution < -0.4 is 0 Å². The summed E-state index contributed by atoms with van der Waals surface area (Å²) in [6.45, 7) is 25.7. The molecule has 2 aliphatic rings. The Bertz CT molecular complexity index is 1750. The molecule has 0 saturated heterocycles. The van der Waals surface area contributed by atoms with Crippen LogP contribution in [0.4, 0.5) is 0 Å². The molecule has 2 radical (unpaired) electrons. The summed E-state index contributed by atoms with van der Waals surface area (Å²) in [5.74, 6) is 0. The monoisotopic (exact) mass is 858 g/mol. The Balaban J connectivity index is -0.000000282. The van der Waals surface area contributed by atoms with Crippen molar-refractivity contribution in [1.82, 2.24) is 0 Å². The van der Waals surface area contributed by atoms with Crippen molar-refractivity contribution in [3.63, 3.8) is 0 Å². The first-order chi connectivity index (χ1) is 23.0. The van der Waals surface area contributed by atoms with Gasteiger partial charge in [0.05, 0.1) is 0 Å². The van der Waals surface area contributed by atoms with Gasteiger partial charge in [-0.25, -0.2) is 0 Å². The number of fused-ring (bicyclic) bond motifs is 2. The SMILES string of the molecule is C.C.C.C[C-]=C(C)C1=CCCC=[C-]1.Cc1cc2c(cc1C)CCC=C2.Cc1ccc2ccccc2c1C.Cc1ccccc1C.[CH-]=CC(C)=[C-]C.[Y].[Y]. The van der Waals surface area contributed by atoms with E-state index < -0.39 is 0 Å². The number of allylic oxidation sites excluding steroid dienone is 10. The summed E-state index contributed by atoms with van der Waals surface area (Å²) < 4.78 is 0. The smallest absolute Gasteiger partial charge is 0 e. The summed E-state index contributed by atoms with van der Waals surface area (Å²) >= 11 is 0. The van der Waals surface area contributed by atoms with Crippen LogP contribution in [0.5, 0.6) is 0 Å². The predicted octanol–water partition coefficient (Wildman–Crippen LogP) is 15.5. The molecule has 0 bridgehead atoms. The van der Waals surface area contributed by atoms with E-state index in [1.165, 1.54) is 85.3 Å². The Morgan fingerprint density at radius 3 is 1.77 bits per heavy atom. The second-order valence-corrected chi connectivity index (χ2v) is 12.4. The number of aryl methyl sites for hydroxylation is 7. The maximum absolute atomic E-state index is 5.06. The second kappa shape index (κ2) is 32.1. The quantitative estimate of drug-likeness (QED) is 0.139. The van der Waals surface area contributed by atoms with Crippen molar-refractivity contribution in [3.05, 3.63) is 183 Å². The molecule has 282 valence electrons. The average molecular weight is 859 g/mol. The van der Waals surface area contributed by atoms with E-state index in [2.05, 4.69) is 164 Å². The molecule has 0 aromatic heterocycles. The normalized spacial score (nSPS) is 11.9. The van der Waals surface area contributed by atoms with Crippen molar-refractivity contribution < 1.29 is 65.4 Å². The van der Waals surface area contributed by atoms with Gasteiger partial charge in [-0.3, -0.25) is 12.2 Å². The van der Waals surface area contributed by atoms with Crippen LogP contribution in [0.1, 0.15) is 114 Å². The molecule has 2 heteroatoms. The summed E-state index contributed by atoms with van der Waals surface area (Å²) in [5, 5.41) is 2.71. The van der Waals surface area contributed by atoms with Crippen LogP contribution in [-0.4, -0.2) is 0 Å². The molecule has 53 heavy (non-hydrogen) atoms. The topological polar surface area (TPSA) is 0 Å². The summed E-state index contributed by atoms with van der Waals surface area (Å²) in [6.07, 6.45) is 24.2. The number of hydrogen-bond donors (Lipinski definition) is 0. The second-order valence-electron chi connectivity index (χ2n) is 12.4. The van der Waals surface area contributed by atoms with Crippen LogP contribution in [0.25, 0.3) is 16.8 Å². The van der Waals surface area contributed by atoms with Gasteiger partial charge in [0.2, 0.25) is 0 Å². The van der Waals surface area contributed by atoms with E-state index in [1.54, 1.807) is 0 Å². The predicted molar refractivity (Wildman–Crippen MR) is 233 cm³/mol. The fourth-order valence-corrected chi connectivity index (χ4v) is 4.95. The number of hydrogen-bond acceptors (Lipinski definition) is 0. The molecule has 0 heterocycles. The van der Waals surface area contributed by atoms with Crippen LogP contribution in [0.2, 0.25) is 0 Å². The Hall–Kier alpha value is -2.21. The summed E-state index contributed by atoms with van der Waals surface area (Å²) in [5.41, 5.74) is 14.7.